The van der Waals surface area contributed by atoms with Crippen molar-refractivity contribution in [2.24, 2.45) is 0 Å². The van der Waals surface area contributed by atoms with Crippen LogP contribution in [0.2, 0.25) is 0 Å². The van der Waals surface area contributed by atoms with Gasteiger partial charge < -0.3 is 4.18 Å². The molecule has 9 heteroatoms. The SMILES string of the molecule is O=Pc1ccc2ccccc2c1-c1c(OS(=O)(=O)C(F)(F)F)ccc2ccccc12. The highest BCUT2D eigenvalue weighted by Gasteiger charge is 2.49. The van der Waals surface area contributed by atoms with Crippen LogP contribution in [0.4, 0.5) is 13.2 Å². The maximum absolute atomic E-state index is 13.0. The number of rotatable bonds is 4. The third-order valence-corrected chi connectivity index (χ3v) is 6.16. The van der Waals surface area contributed by atoms with Crippen molar-refractivity contribution in [2.75, 3.05) is 0 Å². The first kappa shape index (κ1) is 20.3. The highest BCUT2D eigenvalue weighted by molar-refractivity contribution is 7.88. The first-order chi connectivity index (χ1) is 14.2. The molecule has 0 fully saturated rings. The van der Waals surface area contributed by atoms with E-state index in [1.807, 2.05) is 0 Å². The van der Waals surface area contributed by atoms with Gasteiger partial charge in [0.25, 0.3) is 0 Å². The van der Waals surface area contributed by atoms with E-state index in [9.17, 15) is 26.2 Å². The van der Waals surface area contributed by atoms with Crippen LogP contribution in [0.1, 0.15) is 0 Å². The molecule has 0 atom stereocenters. The molecule has 0 saturated carbocycles. The Morgan fingerprint density at radius 1 is 0.733 bits per heavy atom. The summed E-state index contributed by atoms with van der Waals surface area (Å²) in [5.41, 5.74) is -5.13. The first-order valence-electron chi connectivity index (χ1n) is 8.61. The Labute approximate surface area is 171 Å². The van der Waals surface area contributed by atoms with Gasteiger partial charge in [-0.05, 0) is 33.7 Å². The van der Waals surface area contributed by atoms with E-state index in [0.29, 0.717) is 27.0 Å². The van der Waals surface area contributed by atoms with Crippen LogP contribution in [0.25, 0.3) is 32.7 Å². The predicted molar refractivity (Wildman–Crippen MR) is 110 cm³/mol. The Kier molecular flexibility index (Phi) is 5.00. The van der Waals surface area contributed by atoms with Gasteiger partial charge in [0.15, 0.2) is 14.2 Å². The molecule has 0 aliphatic carbocycles. The van der Waals surface area contributed by atoms with Crippen molar-refractivity contribution in [1.29, 1.82) is 0 Å². The van der Waals surface area contributed by atoms with Gasteiger partial charge in [-0.15, -0.1) is 0 Å². The molecule has 4 aromatic rings. The van der Waals surface area contributed by atoms with Crippen LogP contribution >= 0.6 is 8.46 Å². The third-order valence-electron chi connectivity index (χ3n) is 4.63. The zero-order chi connectivity index (χ0) is 21.5. The van der Waals surface area contributed by atoms with E-state index in [-0.39, 0.29) is 14.0 Å². The Hall–Kier alpha value is -2.96. The zero-order valence-corrected chi connectivity index (χ0v) is 16.8. The van der Waals surface area contributed by atoms with Crippen molar-refractivity contribution < 1.29 is 30.3 Å². The summed E-state index contributed by atoms with van der Waals surface area (Å²) in [6.45, 7) is 0. The second-order valence-electron chi connectivity index (χ2n) is 6.42. The van der Waals surface area contributed by atoms with Crippen molar-refractivity contribution in [3.63, 3.8) is 0 Å². The number of benzene rings is 4. The molecule has 4 nitrogen and oxygen atoms in total. The minimum absolute atomic E-state index is 0.121. The Morgan fingerprint density at radius 2 is 1.27 bits per heavy atom. The summed E-state index contributed by atoms with van der Waals surface area (Å²) in [4.78, 5) is 0. The summed E-state index contributed by atoms with van der Waals surface area (Å²) in [5.74, 6) is -0.493. The van der Waals surface area contributed by atoms with Crippen LogP contribution in [0, 0.1) is 0 Å². The quantitative estimate of drug-likeness (QED) is 0.225. The molecular weight excluding hydrogens is 436 g/mol. The molecule has 0 aliphatic rings. The lowest BCUT2D eigenvalue weighted by atomic mass is 9.93. The molecule has 4 rings (SSSR count). The first-order valence-corrected chi connectivity index (χ1v) is 10.8. The van der Waals surface area contributed by atoms with Crippen LogP contribution in [0.3, 0.4) is 0 Å². The number of hydrogen-bond donors (Lipinski definition) is 0. The van der Waals surface area contributed by atoms with Gasteiger partial charge in [0, 0.05) is 11.1 Å². The summed E-state index contributed by atoms with van der Waals surface area (Å²) in [6.07, 6.45) is 0. The Morgan fingerprint density at radius 3 is 1.83 bits per heavy atom. The molecule has 152 valence electrons. The molecule has 0 aliphatic heterocycles. The fraction of sp³-hybridized carbons (Fsp3) is 0.0476. The molecule has 4 aromatic carbocycles. The fourth-order valence-electron chi connectivity index (χ4n) is 3.34. The molecule has 0 saturated heterocycles. The van der Waals surface area contributed by atoms with Gasteiger partial charge in [0.05, 0.1) is 5.30 Å². The van der Waals surface area contributed by atoms with E-state index in [1.54, 1.807) is 60.7 Å². The molecule has 0 heterocycles. The monoisotopic (exact) mass is 448 g/mol. The Bertz CT molecular complexity index is 1400. The lowest BCUT2D eigenvalue weighted by molar-refractivity contribution is -0.0499. The number of alkyl halides is 3. The van der Waals surface area contributed by atoms with Gasteiger partial charge in [0.1, 0.15) is 0 Å². The molecular formula is C21H12F3O4PS. The average molecular weight is 448 g/mol. The van der Waals surface area contributed by atoms with E-state index in [2.05, 4.69) is 4.18 Å². The second kappa shape index (κ2) is 7.38. The van der Waals surface area contributed by atoms with E-state index in [4.69, 9.17) is 0 Å². The van der Waals surface area contributed by atoms with Crippen molar-refractivity contribution >= 4 is 45.4 Å². The standard InChI is InChI=1S/C21H12F3O4PS/c22-21(23,24)30(26,27)28-17-11-9-13-5-1-3-7-15(13)19(17)20-16-8-4-2-6-14(16)10-12-18(20)29-25/h1-12H. The molecule has 30 heavy (non-hydrogen) atoms. The van der Waals surface area contributed by atoms with Crippen molar-refractivity contribution in [1.82, 2.24) is 0 Å². The summed E-state index contributed by atoms with van der Waals surface area (Å²) in [7, 11) is -6.28. The van der Waals surface area contributed by atoms with Crippen molar-refractivity contribution in [3.05, 3.63) is 72.8 Å². The van der Waals surface area contributed by atoms with Crippen LogP contribution in [-0.2, 0) is 14.7 Å². The highest BCUT2D eigenvalue weighted by atomic mass is 32.2. The smallest absolute Gasteiger partial charge is 0.375 e. The van der Waals surface area contributed by atoms with Gasteiger partial charge in [-0.25, -0.2) is 0 Å². The zero-order valence-electron chi connectivity index (χ0n) is 15.1. The summed E-state index contributed by atoms with van der Waals surface area (Å²) < 4.78 is 78.9. The van der Waals surface area contributed by atoms with Gasteiger partial charge in [-0.2, -0.15) is 21.6 Å². The molecule has 0 unspecified atom stereocenters. The number of fused-ring (bicyclic) bond motifs is 2. The summed E-state index contributed by atoms with van der Waals surface area (Å²) >= 11 is 0. The van der Waals surface area contributed by atoms with E-state index >= 15 is 0 Å². The van der Waals surface area contributed by atoms with Crippen LogP contribution < -0.4 is 9.49 Å². The van der Waals surface area contributed by atoms with Crippen LogP contribution in [0.5, 0.6) is 5.75 Å². The lowest BCUT2D eigenvalue weighted by Gasteiger charge is -2.18. The third kappa shape index (κ3) is 3.42. The minimum Gasteiger partial charge on any atom is -0.375 e. The molecule has 0 N–H and O–H groups in total. The topological polar surface area (TPSA) is 60.4 Å². The minimum atomic E-state index is -5.90. The fourth-order valence-corrected chi connectivity index (χ4v) is 4.27. The molecule has 0 radical (unpaired) electrons. The number of hydrogen-bond acceptors (Lipinski definition) is 4. The van der Waals surface area contributed by atoms with Gasteiger partial charge in [0.2, 0.25) is 0 Å². The van der Waals surface area contributed by atoms with E-state index < -0.39 is 21.4 Å². The maximum Gasteiger partial charge on any atom is 0.534 e. The van der Waals surface area contributed by atoms with Crippen molar-refractivity contribution in [3.8, 4) is 16.9 Å². The predicted octanol–water partition coefficient (Wildman–Crippen LogP) is 5.81. The van der Waals surface area contributed by atoms with E-state index in [1.165, 1.54) is 12.1 Å². The summed E-state index contributed by atoms with van der Waals surface area (Å²) in [5, 5.41) is 2.76. The van der Waals surface area contributed by atoms with Gasteiger partial charge in [-0.3, -0.25) is 4.57 Å². The maximum atomic E-state index is 13.0. The van der Waals surface area contributed by atoms with E-state index in [0.717, 1.165) is 5.39 Å². The largest absolute Gasteiger partial charge is 0.534 e. The molecule has 0 aromatic heterocycles. The molecule has 0 amide bonds. The molecule has 0 spiro atoms. The van der Waals surface area contributed by atoms with Crippen LogP contribution in [-0.4, -0.2) is 13.9 Å². The average Bonchev–Trinajstić information content (AvgIpc) is 2.72. The number of halogens is 3. The van der Waals surface area contributed by atoms with Crippen molar-refractivity contribution in [2.45, 2.75) is 5.51 Å². The van der Waals surface area contributed by atoms with Gasteiger partial charge in [-0.1, -0.05) is 60.7 Å². The van der Waals surface area contributed by atoms with Crippen LogP contribution in [0.15, 0.2) is 72.8 Å². The van der Waals surface area contributed by atoms with Gasteiger partial charge >= 0.3 is 15.6 Å². The molecule has 0 bridgehead atoms. The summed E-state index contributed by atoms with van der Waals surface area (Å²) in [6, 6.07) is 19.8. The lowest BCUT2D eigenvalue weighted by Crippen LogP contribution is -2.28. The second-order valence-corrected chi connectivity index (χ2v) is 8.62. The highest BCUT2D eigenvalue weighted by Crippen LogP contribution is 2.42. The Balaban J connectivity index is 2.14. The normalized spacial score (nSPS) is 12.5.